The van der Waals surface area contributed by atoms with E-state index in [-0.39, 0.29) is 11.5 Å². The van der Waals surface area contributed by atoms with Gasteiger partial charge in [0.25, 0.3) is 5.91 Å². The standard InChI is InChI=1S/C18H13F3N2O3/c1-26-16-7-6-11(9-15(16)24)8-12(10-22)17(25)23-14-5-3-2-4-13(14)18(19,20)21/h2-9,24H,1H3,(H,23,25)/b12-8+. The SMILES string of the molecule is COc1ccc(/C=C(\C#N)C(=O)Nc2ccccc2C(F)(F)F)cc1O. The lowest BCUT2D eigenvalue weighted by molar-refractivity contribution is -0.137. The summed E-state index contributed by atoms with van der Waals surface area (Å²) in [6, 6.07) is 10.2. The maximum atomic E-state index is 13.0. The highest BCUT2D eigenvalue weighted by Gasteiger charge is 2.33. The van der Waals surface area contributed by atoms with Gasteiger partial charge in [-0.2, -0.15) is 18.4 Å². The Morgan fingerprint density at radius 2 is 1.96 bits per heavy atom. The smallest absolute Gasteiger partial charge is 0.418 e. The topological polar surface area (TPSA) is 82.3 Å². The summed E-state index contributed by atoms with van der Waals surface area (Å²) in [5.41, 5.74) is -1.60. The largest absolute Gasteiger partial charge is 0.504 e. The number of halogens is 3. The fraction of sp³-hybridized carbons (Fsp3) is 0.111. The number of hydrogen-bond donors (Lipinski definition) is 2. The molecule has 26 heavy (non-hydrogen) atoms. The lowest BCUT2D eigenvalue weighted by atomic mass is 10.1. The van der Waals surface area contributed by atoms with Crippen LogP contribution < -0.4 is 10.1 Å². The van der Waals surface area contributed by atoms with E-state index in [4.69, 9.17) is 10.00 Å². The zero-order chi connectivity index (χ0) is 19.3. The molecule has 2 aromatic rings. The van der Waals surface area contributed by atoms with Gasteiger partial charge in [-0.05, 0) is 35.9 Å². The summed E-state index contributed by atoms with van der Waals surface area (Å²) < 4.78 is 43.8. The molecular formula is C18H13F3N2O3. The van der Waals surface area contributed by atoms with Gasteiger partial charge in [-0.25, -0.2) is 0 Å². The highest BCUT2D eigenvalue weighted by atomic mass is 19.4. The minimum Gasteiger partial charge on any atom is -0.504 e. The van der Waals surface area contributed by atoms with Gasteiger partial charge >= 0.3 is 6.18 Å². The number of carbonyl (C=O) groups is 1. The van der Waals surface area contributed by atoms with Gasteiger partial charge in [0, 0.05) is 0 Å². The molecule has 2 N–H and O–H groups in total. The third kappa shape index (κ3) is 4.33. The van der Waals surface area contributed by atoms with Crippen LogP contribution in [-0.4, -0.2) is 18.1 Å². The summed E-state index contributed by atoms with van der Waals surface area (Å²) >= 11 is 0. The van der Waals surface area contributed by atoms with Crippen LogP contribution in [0.4, 0.5) is 18.9 Å². The molecule has 2 aromatic carbocycles. The molecule has 2 rings (SSSR count). The van der Waals surface area contributed by atoms with E-state index in [1.54, 1.807) is 6.07 Å². The van der Waals surface area contributed by atoms with Crippen molar-refractivity contribution < 1.29 is 27.8 Å². The molecule has 0 heterocycles. The molecule has 0 aliphatic heterocycles. The lowest BCUT2D eigenvalue weighted by Gasteiger charge is -2.13. The van der Waals surface area contributed by atoms with Crippen LogP contribution in [0, 0.1) is 11.3 Å². The summed E-state index contributed by atoms with van der Waals surface area (Å²) in [6.45, 7) is 0. The number of aromatic hydroxyl groups is 1. The average molecular weight is 362 g/mol. The van der Waals surface area contributed by atoms with Crippen LogP contribution in [0.3, 0.4) is 0 Å². The number of anilines is 1. The molecule has 0 aliphatic rings. The van der Waals surface area contributed by atoms with Crippen LogP contribution >= 0.6 is 0 Å². The predicted molar refractivity (Wildman–Crippen MR) is 88.3 cm³/mol. The zero-order valence-electron chi connectivity index (χ0n) is 13.5. The van der Waals surface area contributed by atoms with Gasteiger partial charge < -0.3 is 15.2 Å². The molecule has 0 fully saturated rings. The molecule has 0 saturated carbocycles. The van der Waals surface area contributed by atoms with Gasteiger partial charge in [0.1, 0.15) is 11.6 Å². The Morgan fingerprint density at radius 1 is 1.27 bits per heavy atom. The quantitative estimate of drug-likeness (QED) is 0.637. The van der Waals surface area contributed by atoms with Crippen molar-refractivity contribution in [3.05, 3.63) is 59.2 Å². The van der Waals surface area contributed by atoms with E-state index in [0.717, 1.165) is 18.2 Å². The van der Waals surface area contributed by atoms with E-state index >= 15 is 0 Å². The van der Waals surface area contributed by atoms with Crippen molar-refractivity contribution >= 4 is 17.7 Å². The monoisotopic (exact) mass is 362 g/mol. The van der Waals surface area contributed by atoms with Crippen molar-refractivity contribution in [2.24, 2.45) is 0 Å². The fourth-order valence-corrected chi connectivity index (χ4v) is 2.14. The first-order valence-corrected chi connectivity index (χ1v) is 7.22. The Bertz CT molecular complexity index is 899. The van der Waals surface area contributed by atoms with E-state index in [1.807, 2.05) is 0 Å². The number of para-hydroxylation sites is 1. The van der Waals surface area contributed by atoms with Crippen molar-refractivity contribution in [2.45, 2.75) is 6.18 Å². The average Bonchev–Trinajstić information content (AvgIpc) is 2.59. The second kappa shape index (κ2) is 7.61. The molecule has 0 unspecified atom stereocenters. The van der Waals surface area contributed by atoms with E-state index < -0.39 is 28.9 Å². The molecule has 0 aliphatic carbocycles. The number of hydrogen-bond acceptors (Lipinski definition) is 4. The molecule has 5 nitrogen and oxygen atoms in total. The minimum absolute atomic E-state index is 0.198. The van der Waals surface area contributed by atoms with Gasteiger partial charge in [-0.15, -0.1) is 0 Å². The number of nitrogens with zero attached hydrogens (tertiary/aromatic N) is 1. The third-order valence-electron chi connectivity index (χ3n) is 3.36. The number of rotatable bonds is 4. The Morgan fingerprint density at radius 3 is 2.54 bits per heavy atom. The number of amides is 1. The third-order valence-corrected chi connectivity index (χ3v) is 3.36. The van der Waals surface area contributed by atoms with Crippen LogP contribution in [0.15, 0.2) is 48.0 Å². The second-order valence-corrected chi connectivity index (χ2v) is 5.10. The van der Waals surface area contributed by atoms with Crippen LogP contribution in [0.1, 0.15) is 11.1 Å². The Kier molecular flexibility index (Phi) is 5.52. The molecule has 0 spiro atoms. The summed E-state index contributed by atoms with van der Waals surface area (Å²) in [5, 5.41) is 20.9. The van der Waals surface area contributed by atoms with Crippen molar-refractivity contribution in [1.82, 2.24) is 0 Å². The van der Waals surface area contributed by atoms with Crippen LogP contribution in [-0.2, 0) is 11.0 Å². The molecule has 0 aromatic heterocycles. The molecule has 134 valence electrons. The summed E-state index contributed by atoms with van der Waals surface area (Å²) in [6.07, 6.45) is -3.51. The van der Waals surface area contributed by atoms with Gasteiger partial charge in [-0.3, -0.25) is 4.79 Å². The highest BCUT2D eigenvalue weighted by molar-refractivity contribution is 6.10. The van der Waals surface area contributed by atoms with Crippen molar-refractivity contribution in [2.75, 3.05) is 12.4 Å². The maximum absolute atomic E-state index is 13.0. The maximum Gasteiger partial charge on any atom is 0.418 e. The van der Waals surface area contributed by atoms with Gasteiger partial charge in [0.05, 0.1) is 18.4 Å². The van der Waals surface area contributed by atoms with Crippen LogP contribution in [0.5, 0.6) is 11.5 Å². The first-order chi connectivity index (χ1) is 12.3. The van der Waals surface area contributed by atoms with E-state index in [0.29, 0.717) is 5.56 Å². The molecule has 1 amide bonds. The number of methoxy groups -OCH3 is 1. The molecule has 0 bridgehead atoms. The fourth-order valence-electron chi connectivity index (χ4n) is 2.14. The van der Waals surface area contributed by atoms with Gasteiger partial charge in [0.2, 0.25) is 0 Å². The van der Waals surface area contributed by atoms with E-state index in [2.05, 4.69) is 5.32 Å². The van der Waals surface area contributed by atoms with E-state index in [1.165, 1.54) is 37.4 Å². The number of phenolic OH excluding ortho intramolecular Hbond substituents is 1. The first kappa shape index (κ1) is 18.9. The van der Waals surface area contributed by atoms with Crippen molar-refractivity contribution in [3.63, 3.8) is 0 Å². The number of carbonyl (C=O) groups excluding carboxylic acids is 1. The predicted octanol–water partition coefficient (Wildman–Crippen LogP) is 3.97. The normalized spacial score (nSPS) is 11.6. The Labute approximate surface area is 146 Å². The number of ether oxygens (including phenoxy) is 1. The Hall–Kier alpha value is -3.47. The first-order valence-electron chi connectivity index (χ1n) is 7.22. The Balaban J connectivity index is 2.31. The zero-order valence-corrected chi connectivity index (χ0v) is 13.5. The number of nitriles is 1. The van der Waals surface area contributed by atoms with Crippen LogP contribution in [0.25, 0.3) is 6.08 Å². The number of alkyl halides is 3. The summed E-state index contributed by atoms with van der Waals surface area (Å²) in [4.78, 5) is 12.2. The van der Waals surface area contributed by atoms with Gasteiger partial charge in [0.15, 0.2) is 11.5 Å². The summed E-state index contributed by atoms with van der Waals surface area (Å²) in [7, 11) is 1.36. The minimum atomic E-state index is -4.65. The van der Waals surface area contributed by atoms with E-state index in [9.17, 15) is 23.1 Å². The summed E-state index contributed by atoms with van der Waals surface area (Å²) in [5.74, 6) is -1.01. The number of phenols is 1. The molecule has 0 saturated heterocycles. The van der Waals surface area contributed by atoms with Crippen molar-refractivity contribution in [1.29, 1.82) is 5.26 Å². The molecule has 0 atom stereocenters. The van der Waals surface area contributed by atoms with Crippen molar-refractivity contribution in [3.8, 4) is 17.6 Å². The lowest BCUT2D eigenvalue weighted by Crippen LogP contribution is -2.17. The molecular weight excluding hydrogens is 349 g/mol. The highest BCUT2D eigenvalue weighted by Crippen LogP contribution is 2.34. The molecule has 8 heteroatoms. The molecule has 0 radical (unpaired) electrons. The number of benzene rings is 2. The second-order valence-electron chi connectivity index (χ2n) is 5.10. The van der Waals surface area contributed by atoms with Crippen LogP contribution in [0.2, 0.25) is 0 Å². The number of nitrogens with one attached hydrogen (secondary N) is 1. The van der Waals surface area contributed by atoms with Gasteiger partial charge in [-0.1, -0.05) is 18.2 Å².